The molecule has 2 unspecified atom stereocenters. The normalized spacial score (nSPS) is 19.3. The number of thiophene rings is 1. The Morgan fingerprint density at radius 2 is 1.68 bits per heavy atom. The second kappa shape index (κ2) is 12.5. The number of benzene rings is 3. The highest BCUT2D eigenvalue weighted by molar-refractivity contribution is 7.16. The van der Waals surface area contributed by atoms with Crippen LogP contribution in [0.1, 0.15) is 86.3 Å². The highest BCUT2D eigenvalue weighted by Gasteiger charge is 2.45. The Balaban J connectivity index is 1.28. The first kappa shape index (κ1) is 29.2. The molecule has 4 aromatic rings. The third-order valence-corrected chi connectivity index (χ3v) is 11.0. The summed E-state index contributed by atoms with van der Waals surface area (Å²) in [7, 11) is 0. The second-order valence-electron chi connectivity index (χ2n) is 12.5. The molecule has 7 rings (SSSR count). The molecule has 2 atom stereocenters. The van der Waals surface area contributed by atoms with Gasteiger partial charge in [0.15, 0.2) is 0 Å². The average molecular weight is 602 g/mol. The maximum Gasteiger partial charge on any atom is 0.142 e. The number of allylic oxidation sites excluding steroid dienone is 1. The number of anilines is 2. The monoisotopic (exact) mass is 601 g/mol. The van der Waals surface area contributed by atoms with Gasteiger partial charge in [-0.1, -0.05) is 69.5 Å². The lowest BCUT2D eigenvalue weighted by atomic mass is 9.95. The summed E-state index contributed by atoms with van der Waals surface area (Å²) < 4.78 is 0. The summed E-state index contributed by atoms with van der Waals surface area (Å²) in [6, 6.07) is 28.1. The molecule has 1 fully saturated rings. The van der Waals surface area contributed by atoms with Crippen LogP contribution in [-0.4, -0.2) is 25.4 Å². The van der Waals surface area contributed by atoms with Gasteiger partial charge in [0.2, 0.25) is 0 Å². The van der Waals surface area contributed by atoms with Crippen LogP contribution in [0.5, 0.6) is 0 Å². The number of carbonyl (C=O) groups excluding carboxylic acids is 1. The van der Waals surface area contributed by atoms with Crippen LogP contribution in [0.15, 0.2) is 78.9 Å². The van der Waals surface area contributed by atoms with Crippen LogP contribution >= 0.6 is 11.3 Å². The van der Waals surface area contributed by atoms with Crippen molar-refractivity contribution in [3.05, 3.63) is 100 Å². The van der Waals surface area contributed by atoms with Gasteiger partial charge in [-0.25, -0.2) is 0 Å². The predicted molar refractivity (Wildman–Crippen MR) is 186 cm³/mol. The Hall–Kier alpha value is -3.51. The summed E-state index contributed by atoms with van der Waals surface area (Å²) in [4.78, 5) is 15.8. The van der Waals surface area contributed by atoms with E-state index in [-0.39, 0.29) is 5.66 Å². The largest absolute Gasteiger partial charge is 0.337 e. The van der Waals surface area contributed by atoms with Crippen molar-refractivity contribution in [2.75, 3.05) is 18.0 Å². The number of nitrogens with zero attached hydrogens (tertiary/aromatic N) is 1. The van der Waals surface area contributed by atoms with Gasteiger partial charge in [0.1, 0.15) is 11.9 Å². The molecule has 2 heterocycles. The van der Waals surface area contributed by atoms with Gasteiger partial charge in [-0.2, -0.15) is 0 Å². The van der Waals surface area contributed by atoms with E-state index in [1.54, 1.807) is 17.4 Å². The minimum Gasteiger partial charge on any atom is -0.337 e. The van der Waals surface area contributed by atoms with Gasteiger partial charge in [-0.05, 0) is 121 Å². The Bertz CT molecular complexity index is 1680. The van der Waals surface area contributed by atoms with E-state index in [1.165, 1.54) is 81.7 Å². The average Bonchev–Trinajstić information content (AvgIpc) is 3.83. The number of hydrogen-bond donors (Lipinski definition) is 2. The van der Waals surface area contributed by atoms with E-state index in [0.29, 0.717) is 12.0 Å². The number of rotatable bonds is 12. The third-order valence-electron chi connectivity index (χ3n) is 9.90. The van der Waals surface area contributed by atoms with Crippen molar-refractivity contribution in [3.63, 3.8) is 0 Å². The van der Waals surface area contributed by atoms with E-state index in [4.69, 9.17) is 0 Å². The van der Waals surface area contributed by atoms with Crippen LogP contribution in [0.25, 0.3) is 27.6 Å². The molecule has 3 aromatic carbocycles. The van der Waals surface area contributed by atoms with E-state index < -0.39 is 0 Å². The number of nitrogens with one attached hydrogen (secondary N) is 2. The summed E-state index contributed by atoms with van der Waals surface area (Å²) in [5.41, 5.74) is 10.5. The number of aldehydes is 1. The van der Waals surface area contributed by atoms with Crippen LogP contribution in [0, 0.1) is 0 Å². The van der Waals surface area contributed by atoms with E-state index in [9.17, 15) is 4.79 Å². The third kappa shape index (κ3) is 4.95. The highest BCUT2D eigenvalue weighted by Crippen LogP contribution is 2.55. The quantitative estimate of drug-likeness (QED) is 0.0735. The zero-order chi connectivity index (χ0) is 30.1. The van der Waals surface area contributed by atoms with Gasteiger partial charge < -0.3 is 4.90 Å². The van der Waals surface area contributed by atoms with Crippen molar-refractivity contribution in [2.45, 2.75) is 76.4 Å². The van der Waals surface area contributed by atoms with Crippen molar-refractivity contribution in [1.29, 1.82) is 0 Å². The molecule has 4 nitrogen and oxygen atoms in total. The number of carbonyl (C=O) groups is 1. The Labute approximate surface area is 266 Å². The first-order valence-corrected chi connectivity index (χ1v) is 17.4. The Morgan fingerprint density at radius 1 is 0.886 bits per heavy atom. The molecule has 44 heavy (non-hydrogen) atoms. The summed E-state index contributed by atoms with van der Waals surface area (Å²) in [6.07, 6.45) is 12.7. The fourth-order valence-corrected chi connectivity index (χ4v) is 8.77. The van der Waals surface area contributed by atoms with Gasteiger partial charge in [0.25, 0.3) is 0 Å². The maximum absolute atomic E-state index is 10.8. The van der Waals surface area contributed by atoms with Crippen LogP contribution in [0.4, 0.5) is 11.4 Å². The predicted octanol–water partition coefficient (Wildman–Crippen LogP) is 9.38. The lowest BCUT2D eigenvalue weighted by Gasteiger charge is -2.35. The van der Waals surface area contributed by atoms with Crippen LogP contribution in [-0.2, 0) is 10.5 Å². The molecule has 0 saturated heterocycles. The highest BCUT2D eigenvalue weighted by atomic mass is 32.1. The number of hydrogen-bond acceptors (Lipinski definition) is 5. The first-order valence-electron chi connectivity index (χ1n) is 16.6. The van der Waals surface area contributed by atoms with Crippen molar-refractivity contribution < 1.29 is 4.79 Å². The lowest BCUT2D eigenvalue weighted by molar-refractivity contribution is -0.104. The van der Waals surface area contributed by atoms with Gasteiger partial charge in [0.05, 0.1) is 0 Å². The fourth-order valence-electron chi connectivity index (χ4n) is 7.85. The zero-order valence-electron chi connectivity index (χ0n) is 25.9. The maximum atomic E-state index is 10.8. The molecule has 1 aliphatic heterocycles. The van der Waals surface area contributed by atoms with Gasteiger partial charge >= 0.3 is 0 Å². The molecule has 226 valence electrons. The minimum atomic E-state index is -0.358. The molecule has 1 aromatic heterocycles. The molecular formula is C39H43N3OS. The minimum absolute atomic E-state index is 0.358. The lowest BCUT2D eigenvalue weighted by Crippen LogP contribution is -2.54. The van der Waals surface area contributed by atoms with Crippen molar-refractivity contribution in [2.24, 2.45) is 0 Å². The molecule has 5 heteroatoms. The van der Waals surface area contributed by atoms with E-state index >= 15 is 0 Å². The van der Waals surface area contributed by atoms with Crippen LogP contribution < -0.4 is 15.5 Å². The smallest absolute Gasteiger partial charge is 0.142 e. The summed E-state index contributed by atoms with van der Waals surface area (Å²) in [6.45, 7) is 6.49. The zero-order valence-corrected chi connectivity index (χ0v) is 26.8. The Morgan fingerprint density at radius 3 is 2.48 bits per heavy atom. The molecule has 0 amide bonds. The fraction of sp³-hybridized carbons (Fsp3) is 0.359. The topological polar surface area (TPSA) is 44.4 Å². The van der Waals surface area contributed by atoms with E-state index in [1.807, 2.05) is 6.08 Å². The summed E-state index contributed by atoms with van der Waals surface area (Å²) >= 11 is 1.74. The van der Waals surface area contributed by atoms with Crippen LogP contribution in [0.2, 0.25) is 0 Å². The van der Waals surface area contributed by atoms with Crippen molar-refractivity contribution >= 4 is 35.1 Å². The Kier molecular flexibility index (Phi) is 8.28. The SMILES string of the molecule is CCCCNC1(NCCCC)c2ccccc2-c2cc(N3c4ccc(-c5ccc(/C=C/C=O)s5)cc4C4CCCC43)ccc21. The molecule has 0 radical (unpaired) electrons. The summed E-state index contributed by atoms with van der Waals surface area (Å²) in [5.74, 6) is 0.561. The molecule has 2 N–H and O–H groups in total. The van der Waals surface area contributed by atoms with Gasteiger partial charge in [-0.3, -0.25) is 15.4 Å². The van der Waals surface area contributed by atoms with Crippen molar-refractivity contribution in [1.82, 2.24) is 10.6 Å². The van der Waals surface area contributed by atoms with Gasteiger partial charge in [0, 0.05) is 33.1 Å². The van der Waals surface area contributed by atoms with Gasteiger partial charge in [-0.15, -0.1) is 11.3 Å². The van der Waals surface area contributed by atoms with Crippen molar-refractivity contribution in [3.8, 4) is 21.6 Å². The second-order valence-corrected chi connectivity index (χ2v) is 13.6. The van der Waals surface area contributed by atoms with E-state index in [2.05, 4.69) is 102 Å². The molecule has 2 aliphatic carbocycles. The number of unbranched alkanes of at least 4 members (excludes halogenated alkanes) is 2. The van der Waals surface area contributed by atoms with E-state index in [0.717, 1.165) is 37.1 Å². The molecule has 3 aliphatic rings. The first-order chi connectivity index (χ1) is 21.7. The number of fused-ring (bicyclic) bond motifs is 6. The standard InChI is InChI=1S/C39H43N3OS/c1-3-5-22-40-39(41-23-6-4-2)34-14-8-7-12-30(34)32-26-28(17-19-35(32)39)42-36-15-9-13-31(36)33-25-27(16-20-37(33)42)38-21-18-29(44-38)11-10-24-43/h7-8,10-12,14,16-21,24-26,31,36,40-41H,3-6,9,13,15,22-23H2,1-2H3/b11-10+. The summed E-state index contributed by atoms with van der Waals surface area (Å²) in [5, 5.41) is 8.00. The van der Waals surface area contributed by atoms with Crippen LogP contribution in [0.3, 0.4) is 0 Å². The molecule has 0 spiro atoms. The molecular weight excluding hydrogens is 559 g/mol. The molecule has 0 bridgehead atoms. The molecule has 1 saturated carbocycles.